The highest BCUT2D eigenvalue weighted by Crippen LogP contribution is 2.35. The number of hydrogen-bond donors (Lipinski definition) is 13. The van der Waals surface area contributed by atoms with Gasteiger partial charge in [-0.2, -0.15) is 0 Å². The second-order valence-corrected chi connectivity index (χ2v) is 20.6. The summed E-state index contributed by atoms with van der Waals surface area (Å²) in [5.74, 6) is -2.84. The van der Waals surface area contributed by atoms with E-state index in [-0.39, 0.29) is 5.56 Å². The Bertz CT molecular complexity index is 2170. The predicted octanol–water partition coefficient (Wildman–Crippen LogP) is -4.49. The third kappa shape index (κ3) is 18.1. The molecule has 20 atom stereocenters. The third-order valence-corrected chi connectivity index (χ3v) is 14.0. The zero-order chi connectivity index (χ0) is 57.4. The second kappa shape index (κ2) is 30.8. The van der Waals surface area contributed by atoms with E-state index in [2.05, 4.69) is 32.4 Å². The molecule has 0 aliphatic carbocycles. The monoisotopic (exact) mass is 1140 g/mol. The number of amides is 4. The lowest BCUT2D eigenvalue weighted by Gasteiger charge is -2.51. The van der Waals surface area contributed by atoms with E-state index in [4.69, 9.17) is 37.9 Å². The Morgan fingerprint density at radius 3 is 1.47 bits per heavy atom. The summed E-state index contributed by atoms with van der Waals surface area (Å²) in [5.41, 5.74) is 0.0706. The van der Waals surface area contributed by atoms with Crippen LogP contribution in [0.3, 0.4) is 0 Å². The van der Waals surface area contributed by atoms with Gasteiger partial charge in [-0.3, -0.25) is 23.4 Å². The molecule has 4 aliphatic heterocycles. The van der Waals surface area contributed by atoms with Crippen LogP contribution < -0.4 is 26.0 Å². The van der Waals surface area contributed by atoms with Gasteiger partial charge in [0.2, 0.25) is 28.1 Å². The largest absolute Gasteiger partial charge is 0.726 e. The number of ether oxygens (including phenoxy) is 8. The van der Waals surface area contributed by atoms with Crippen molar-refractivity contribution in [1.29, 1.82) is 0 Å². The van der Waals surface area contributed by atoms with Gasteiger partial charge in [-0.1, -0.05) is 64.4 Å². The van der Waals surface area contributed by atoms with Crippen LogP contribution >= 0.6 is 0 Å². The molecule has 4 amide bonds. The van der Waals surface area contributed by atoms with Crippen molar-refractivity contribution >= 4 is 34.0 Å². The van der Waals surface area contributed by atoms with Crippen LogP contribution in [0.25, 0.3) is 0 Å². The molecule has 0 bridgehead atoms. The molecule has 30 heteroatoms. The Morgan fingerprint density at radius 1 is 0.564 bits per heavy atom. The molecule has 1 aromatic carbocycles. The van der Waals surface area contributed by atoms with Gasteiger partial charge in [0.05, 0.1) is 33.0 Å². The van der Waals surface area contributed by atoms with Crippen molar-refractivity contribution in [3.8, 4) is 5.75 Å². The van der Waals surface area contributed by atoms with Crippen molar-refractivity contribution in [2.75, 3.05) is 33.0 Å². The Kier molecular flexibility index (Phi) is 25.7. The van der Waals surface area contributed by atoms with Crippen molar-refractivity contribution in [3.63, 3.8) is 0 Å². The molecule has 4 fully saturated rings. The number of aliphatic hydroxyl groups excluding tert-OH is 9. The summed E-state index contributed by atoms with van der Waals surface area (Å²) in [6, 6.07) is -0.636. The van der Waals surface area contributed by atoms with E-state index < -0.39 is 183 Å². The summed E-state index contributed by atoms with van der Waals surface area (Å²) in [7, 11) is -5.41. The fourth-order valence-corrected chi connectivity index (χ4v) is 9.94. The zero-order valence-electron chi connectivity index (χ0n) is 43.7. The molecule has 9 unspecified atom stereocenters. The summed E-state index contributed by atoms with van der Waals surface area (Å²) in [5, 5.41) is 109. The summed E-state index contributed by atoms with van der Waals surface area (Å²) in [6.45, 7) is 1.58. The number of rotatable bonds is 28. The topological polar surface area (TPSA) is 439 Å². The van der Waals surface area contributed by atoms with Crippen molar-refractivity contribution in [1.82, 2.24) is 21.3 Å². The Morgan fingerprint density at radius 2 is 1.00 bits per heavy atom. The lowest BCUT2D eigenvalue weighted by Crippen LogP contribution is -2.71. The van der Waals surface area contributed by atoms with Crippen molar-refractivity contribution < 1.29 is 120 Å². The normalized spacial score (nSPS) is 35.3. The van der Waals surface area contributed by atoms with Crippen LogP contribution in [-0.2, 0) is 62.1 Å². The minimum absolute atomic E-state index is 0.0706. The molecule has 29 nitrogen and oxygen atoms in total. The first-order valence-electron chi connectivity index (χ1n) is 26.0. The predicted molar refractivity (Wildman–Crippen MR) is 262 cm³/mol. The molecule has 446 valence electrons. The summed E-state index contributed by atoms with van der Waals surface area (Å²) >= 11 is 0. The molecule has 0 radical (unpaired) electrons. The molecular weight excluding hydrogens is 1060 g/mol. The van der Waals surface area contributed by atoms with E-state index >= 15 is 0 Å². The van der Waals surface area contributed by atoms with E-state index in [1.165, 1.54) is 44.2 Å². The highest BCUT2D eigenvalue weighted by atomic mass is 32.3. The lowest BCUT2D eigenvalue weighted by molar-refractivity contribution is -0.361. The average molecular weight is 1140 g/mol. The molecule has 0 aromatic heterocycles. The zero-order valence-corrected chi connectivity index (χ0v) is 44.5. The van der Waals surface area contributed by atoms with Crippen LogP contribution in [0.4, 0.5) is 0 Å². The molecule has 1 aromatic rings. The maximum absolute atomic E-state index is 13.8. The second-order valence-electron chi connectivity index (χ2n) is 19.6. The lowest BCUT2D eigenvalue weighted by atomic mass is 9.93. The Hall–Kier alpha value is -3.87. The van der Waals surface area contributed by atoms with Crippen LogP contribution in [0.2, 0.25) is 0 Å². The van der Waals surface area contributed by atoms with E-state index in [0.29, 0.717) is 12.4 Å². The van der Waals surface area contributed by atoms with E-state index in [1.54, 1.807) is 12.1 Å². The Labute approximate surface area is 451 Å². The van der Waals surface area contributed by atoms with E-state index in [1.807, 2.05) is 0 Å². The minimum atomic E-state index is -5.41. The third-order valence-electron chi connectivity index (χ3n) is 13.6. The SMILES string of the molecule is CCCCCCCCCCCOc1cccc(C(=O)NC2[C@H](O[C@H]3C(O)C(NC(C)=O)[C@H](OC4C(CO)O[C@@H](O[C@H]5C(O)C(NC(C)=O)C(O)O[C@H]5COS(=O)(=O)[O-])[C@@H](NC(C)=O)[C@H]4O)O[C@H]3CO)OC(CO)[C@@H](O)[C@@H]2O)c1. The van der Waals surface area contributed by atoms with Crippen molar-refractivity contribution in [2.24, 2.45) is 0 Å². The highest BCUT2D eigenvalue weighted by molar-refractivity contribution is 7.80. The van der Waals surface area contributed by atoms with Gasteiger partial charge in [0, 0.05) is 26.3 Å². The molecule has 0 spiro atoms. The fourth-order valence-electron chi connectivity index (χ4n) is 9.64. The molecule has 4 heterocycles. The molecular formula is C48H77N4O25S-. The molecule has 13 N–H and O–H groups in total. The smallest absolute Gasteiger partial charge is 0.251 e. The van der Waals surface area contributed by atoms with Gasteiger partial charge in [0.1, 0.15) is 103 Å². The van der Waals surface area contributed by atoms with Gasteiger partial charge >= 0.3 is 0 Å². The molecule has 5 rings (SSSR count). The standard InChI is InChI=1S/C48H78N4O25S/c1-5-6-7-8-9-10-11-12-13-17-69-27-16-14-15-26(18-27)44(64)52-33-37(60)36(59)28(19-53)72-46(33)75-41-29(20-54)73-47(34(39(41)62)50-24(3)57)76-42-30(21-55)74-48(35(40(42)63)51-25(4)58)77-43-31(22-70-78(66,67)68)71-45(65)32(38(43)61)49-23(2)56/h14-16,18,28-43,45-48,53-55,59-63,65H,5-13,17,19-22H2,1-4H3,(H,49,56)(H,50,57)(H,51,58)(H,52,64)(H,66,67,68)/p-1/t28?,29-,30?,31-,32?,33?,34?,35-,36+,37+,38?,39?,40+,41+,42?,43+,45?,46-,47-,48-/m0/s1. The van der Waals surface area contributed by atoms with Gasteiger partial charge in [-0.15, -0.1) is 0 Å². The molecule has 4 saturated heterocycles. The van der Waals surface area contributed by atoms with Crippen molar-refractivity contribution in [3.05, 3.63) is 29.8 Å². The first-order chi connectivity index (χ1) is 37.0. The van der Waals surface area contributed by atoms with Crippen LogP contribution in [-0.4, -0.2) is 238 Å². The van der Waals surface area contributed by atoms with Crippen molar-refractivity contribution in [2.45, 2.75) is 208 Å². The van der Waals surface area contributed by atoms with Gasteiger partial charge < -0.3 is 110 Å². The molecule has 4 aliphatic rings. The minimum Gasteiger partial charge on any atom is -0.726 e. The van der Waals surface area contributed by atoms with E-state index in [0.717, 1.165) is 46.5 Å². The van der Waals surface area contributed by atoms with Gasteiger partial charge in [-0.05, 0) is 24.6 Å². The first-order valence-corrected chi connectivity index (χ1v) is 27.3. The molecule has 0 saturated carbocycles. The number of carbonyl (C=O) groups is 4. The van der Waals surface area contributed by atoms with Gasteiger partial charge in [0.25, 0.3) is 5.91 Å². The van der Waals surface area contributed by atoms with Crippen LogP contribution in [0.5, 0.6) is 5.75 Å². The number of carbonyl (C=O) groups excluding carboxylic acids is 4. The summed E-state index contributed by atoms with van der Waals surface area (Å²) in [6.07, 6.45) is -19.6. The maximum Gasteiger partial charge on any atom is 0.251 e. The highest BCUT2D eigenvalue weighted by Gasteiger charge is 2.56. The van der Waals surface area contributed by atoms with Gasteiger partial charge in [-0.25, -0.2) is 8.42 Å². The number of benzene rings is 1. The number of unbranched alkanes of at least 4 members (excludes halogenated alkanes) is 8. The van der Waals surface area contributed by atoms with Crippen LogP contribution in [0, 0.1) is 0 Å². The Balaban J connectivity index is 1.34. The first kappa shape index (κ1) is 64.9. The van der Waals surface area contributed by atoms with Crippen LogP contribution in [0.1, 0.15) is 95.8 Å². The number of nitrogens with one attached hydrogen (secondary N) is 4. The fraction of sp³-hybridized carbons (Fsp3) is 0.792. The van der Waals surface area contributed by atoms with E-state index in [9.17, 15) is 78.1 Å². The summed E-state index contributed by atoms with van der Waals surface area (Å²) in [4.78, 5) is 51.1. The maximum atomic E-state index is 13.8. The quantitative estimate of drug-likeness (QED) is 0.0214. The van der Waals surface area contributed by atoms with Gasteiger partial charge in [0.15, 0.2) is 25.2 Å². The average Bonchev–Trinajstić information content (AvgIpc) is 3.47. The van der Waals surface area contributed by atoms with Crippen LogP contribution in [0.15, 0.2) is 24.3 Å². The number of aliphatic hydroxyl groups is 9. The summed E-state index contributed by atoms with van der Waals surface area (Å²) < 4.78 is 85.7. The number of hydrogen-bond acceptors (Lipinski definition) is 25. The molecule has 78 heavy (non-hydrogen) atoms.